The van der Waals surface area contributed by atoms with Gasteiger partial charge in [-0.1, -0.05) is 18.2 Å². The van der Waals surface area contributed by atoms with E-state index in [4.69, 9.17) is 5.11 Å². The minimum Gasteiger partial charge on any atom is -0.478 e. The Balaban J connectivity index is 2.31. The molecule has 0 saturated carbocycles. The van der Waals surface area contributed by atoms with Crippen molar-refractivity contribution < 1.29 is 14.7 Å². The van der Waals surface area contributed by atoms with Crippen LogP contribution in [0.25, 0.3) is 5.57 Å². The molecular weight excluding hydrogens is 218 g/mol. The molecule has 17 heavy (non-hydrogen) atoms. The molecule has 1 aromatic rings. The Morgan fingerprint density at radius 3 is 2.53 bits per heavy atom. The van der Waals surface area contributed by atoms with Crippen molar-refractivity contribution in [3.63, 3.8) is 0 Å². The summed E-state index contributed by atoms with van der Waals surface area (Å²) in [5, 5.41) is 8.79. The molecule has 0 saturated heterocycles. The number of likely N-dealkylation sites (N-methyl/N-ethyl adjacent to an activating group) is 1. The van der Waals surface area contributed by atoms with Gasteiger partial charge < -0.3 is 10.0 Å². The standard InChI is InChI=1S/C13H13NO3/c1-14-8-2-3-11(12(14)15)9-4-6-10(7-5-9)13(16)17/h3-7H,2,8H2,1H3,(H,16,17). The molecule has 0 unspecified atom stereocenters. The molecule has 0 atom stereocenters. The molecule has 0 spiro atoms. The van der Waals surface area contributed by atoms with Crippen LogP contribution in [-0.4, -0.2) is 35.5 Å². The third-order valence-corrected chi connectivity index (χ3v) is 2.83. The summed E-state index contributed by atoms with van der Waals surface area (Å²) in [7, 11) is 1.76. The van der Waals surface area contributed by atoms with Gasteiger partial charge >= 0.3 is 5.97 Å². The van der Waals surface area contributed by atoms with Crippen molar-refractivity contribution in [1.29, 1.82) is 0 Å². The fourth-order valence-electron chi connectivity index (χ4n) is 1.83. The van der Waals surface area contributed by atoms with Crippen LogP contribution in [0, 0.1) is 0 Å². The second-order valence-electron chi connectivity index (χ2n) is 4.02. The van der Waals surface area contributed by atoms with E-state index < -0.39 is 5.97 Å². The maximum Gasteiger partial charge on any atom is 0.335 e. The molecule has 0 aliphatic carbocycles. The zero-order valence-corrected chi connectivity index (χ0v) is 9.51. The maximum atomic E-state index is 11.9. The van der Waals surface area contributed by atoms with E-state index >= 15 is 0 Å². The zero-order valence-electron chi connectivity index (χ0n) is 9.51. The smallest absolute Gasteiger partial charge is 0.335 e. The molecule has 0 radical (unpaired) electrons. The lowest BCUT2D eigenvalue weighted by molar-refractivity contribution is -0.124. The average Bonchev–Trinajstić information content (AvgIpc) is 2.33. The molecule has 1 amide bonds. The first-order valence-corrected chi connectivity index (χ1v) is 5.39. The van der Waals surface area contributed by atoms with Crippen molar-refractivity contribution in [3.05, 3.63) is 41.5 Å². The normalized spacial score (nSPS) is 15.7. The summed E-state index contributed by atoms with van der Waals surface area (Å²) in [4.78, 5) is 24.3. The number of hydrogen-bond donors (Lipinski definition) is 1. The molecule has 0 bridgehead atoms. The number of carbonyl (C=O) groups excluding carboxylic acids is 1. The van der Waals surface area contributed by atoms with E-state index in [9.17, 15) is 9.59 Å². The summed E-state index contributed by atoms with van der Waals surface area (Å²) in [5.74, 6) is -0.975. The Labute approximate surface area is 99.2 Å². The van der Waals surface area contributed by atoms with E-state index in [1.54, 1.807) is 24.1 Å². The Bertz CT molecular complexity index is 488. The van der Waals surface area contributed by atoms with E-state index in [1.165, 1.54) is 12.1 Å². The van der Waals surface area contributed by atoms with Crippen LogP contribution < -0.4 is 0 Å². The van der Waals surface area contributed by atoms with Crippen molar-refractivity contribution in [2.45, 2.75) is 6.42 Å². The monoisotopic (exact) mass is 231 g/mol. The molecule has 1 aliphatic rings. The molecule has 4 heteroatoms. The highest BCUT2D eigenvalue weighted by atomic mass is 16.4. The third-order valence-electron chi connectivity index (χ3n) is 2.83. The SMILES string of the molecule is CN1CCC=C(c2ccc(C(=O)O)cc2)C1=O. The number of hydrogen-bond acceptors (Lipinski definition) is 2. The summed E-state index contributed by atoms with van der Waals surface area (Å²) in [5.41, 5.74) is 1.65. The molecule has 1 N–H and O–H groups in total. The number of benzene rings is 1. The van der Waals surface area contributed by atoms with Gasteiger partial charge in [0.05, 0.1) is 5.56 Å². The van der Waals surface area contributed by atoms with Gasteiger partial charge in [0.25, 0.3) is 5.91 Å². The van der Waals surface area contributed by atoms with Crippen LogP contribution in [0.1, 0.15) is 22.3 Å². The lowest BCUT2D eigenvalue weighted by atomic mass is 9.99. The molecule has 0 aromatic heterocycles. The van der Waals surface area contributed by atoms with E-state index in [-0.39, 0.29) is 11.5 Å². The van der Waals surface area contributed by atoms with Crippen LogP contribution in [0.5, 0.6) is 0 Å². The van der Waals surface area contributed by atoms with Crippen LogP contribution in [-0.2, 0) is 4.79 Å². The summed E-state index contributed by atoms with van der Waals surface area (Å²) < 4.78 is 0. The molecule has 1 heterocycles. The van der Waals surface area contributed by atoms with Gasteiger partial charge in [0.1, 0.15) is 0 Å². The van der Waals surface area contributed by atoms with Crippen molar-refractivity contribution in [2.75, 3.05) is 13.6 Å². The Morgan fingerprint density at radius 2 is 1.94 bits per heavy atom. The van der Waals surface area contributed by atoms with Gasteiger partial charge in [0.2, 0.25) is 0 Å². The molecule has 88 valence electrons. The van der Waals surface area contributed by atoms with Crippen molar-refractivity contribution in [1.82, 2.24) is 4.90 Å². The van der Waals surface area contributed by atoms with E-state index in [1.807, 2.05) is 6.08 Å². The average molecular weight is 231 g/mol. The fourth-order valence-corrected chi connectivity index (χ4v) is 1.83. The molecule has 0 fully saturated rings. The van der Waals surface area contributed by atoms with Gasteiger partial charge in [0, 0.05) is 19.2 Å². The van der Waals surface area contributed by atoms with Crippen LogP contribution in [0.15, 0.2) is 30.3 Å². The van der Waals surface area contributed by atoms with Gasteiger partial charge in [-0.2, -0.15) is 0 Å². The first-order chi connectivity index (χ1) is 8.09. The zero-order chi connectivity index (χ0) is 12.4. The first-order valence-electron chi connectivity index (χ1n) is 5.39. The van der Waals surface area contributed by atoms with Gasteiger partial charge in [-0.3, -0.25) is 4.79 Å². The Hall–Kier alpha value is -2.10. The highest BCUT2D eigenvalue weighted by molar-refractivity contribution is 6.20. The number of carboxylic acid groups (broad SMARTS) is 1. The lowest BCUT2D eigenvalue weighted by Crippen LogP contribution is -2.31. The number of nitrogens with zero attached hydrogens (tertiary/aromatic N) is 1. The van der Waals surface area contributed by atoms with E-state index in [0.29, 0.717) is 5.57 Å². The number of rotatable bonds is 2. The van der Waals surface area contributed by atoms with Crippen LogP contribution in [0.4, 0.5) is 0 Å². The van der Waals surface area contributed by atoms with Crippen LogP contribution in [0.2, 0.25) is 0 Å². The van der Waals surface area contributed by atoms with E-state index in [0.717, 1.165) is 18.5 Å². The molecule has 4 nitrogen and oxygen atoms in total. The van der Waals surface area contributed by atoms with Gasteiger partial charge in [-0.25, -0.2) is 4.79 Å². The number of amides is 1. The second kappa shape index (κ2) is 4.41. The maximum absolute atomic E-state index is 11.9. The Morgan fingerprint density at radius 1 is 1.29 bits per heavy atom. The topological polar surface area (TPSA) is 57.6 Å². The minimum absolute atomic E-state index is 0.0145. The Kier molecular flexibility index (Phi) is 2.95. The van der Waals surface area contributed by atoms with Gasteiger partial charge in [-0.15, -0.1) is 0 Å². The highest BCUT2D eigenvalue weighted by Crippen LogP contribution is 2.21. The predicted molar refractivity (Wildman–Crippen MR) is 63.6 cm³/mol. The third kappa shape index (κ3) is 2.20. The number of carboxylic acids is 1. The molecule has 1 aromatic carbocycles. The minimum atomic E-state index is -0.961. The van der Waals surface area contributed by atoms with Gasteiger partial charge in [0.15, 0.2) is 0 Å². The van der Waals surface area contributed by atoms with E-state index in [2.05, 4.69) is 0 Å². The quantitative estimate of drug-likeness (QED) is 0.841. The summed E-state index contributed by atoms with van der Waals surface area (Å²) in [6.45, 7) is 0.732. The fraction of sp³-hybridized carbons (Fsp3) is 0.231. The van der Waals surface area contributed by atoms with Crippen molar-refractivity contribution >= 4 is 17.4 Å². The highest BCUT2D eigenvalue weighted by Gasteiger charge is 2.19. The summed E-state index contributed by atoms with van der Waals surface area (Å²) in [6.07, 6.45) is 2.73. The number of aromatic carboxylic acids is 1. The largest absolute Gasteiger partial charge is 0.478 e. The summed E-state index contributed by atoms with van der Waals surface area (Å²) in [6, 6.07) is 6.37. The molecule has 1 aliphatic heterocycles. The van der Waals surface area contributed by atoms with Crippen molar-refractivity contribution in [2.24, 2.45) is 0 Å². The second-order valence-corrected chi connectivity index (χ2v) is 4.02. The lowest BCUT2D eigenvalue weighted by Gasteiger charge is -2.22. The van der Waals surface area contributed by atoms with Gasteiger partial charge in [-0.05, 0) is 24.1 Å². The number of carbonyl (C=O) groups is 2. The van der Waals surface area contributed by atoms with Crippen LogP contribution in [0.3, 0.4) is 0 Å². The van der Waals surface area contributed by atoms with Crippen LogP contribution >= 0.6 is 0 Å². The molecule has 2 rings (SSSR count). The first kappa shape index (κ1) is 11.4. The predicted octanol–water partition coefficient (Wildman–Crippen LogP) is 1.63. The summed E-state index contributed by atoms with van der Waals surface area (Å²) >= 11 is 0. The molecular formula is C13H13NO3. The van der Waals surface area contributed by atoms with Crippen molar-refractivity contribution in [3.8, 4) is 0 Å².